The lowest BCUT2D eigenvalue weighted by molar-refractivity contribution is -0.125. The van der Waals surface area contributed by atoms with Gasteiger partial charge in [0.05, 0.1) is 12.0 Å². The number of carbonyl (C=O) groups excluding carboxylic acids is 1. The number of rotatable bonds is 17. The molecule has 0 saturated heterocycles. The van der Waals surface area contributed by atoms with Crippen LogP contribution in [0.2, 0.25) is 10.0 Å². The Labute approximate surface area is 244 Å². The van der Waals surface area contributed by atoms with E-state index in [9.17, 15) is 9.90 Å². The van der Waals surface area contributed by atoms with Gasteiger partial charge in [-0.25, -0.2) is 0 Å². The summed E-state index contributed by atoms with van der Waals surface area (Å²) in [5, 5.41) is 13.8. The van der Waals surface area contributed by atoms with Crippen LogP contribution in [0.1, 0.15) is 88.7 Å². The fourth-order valence-corrected chi connectivity index (χ4v) is 5.52. The van der Waals surface area contributed by atoms with Gasteiger partial charge in [0, 0.05) is 22.2 Å². The van der Waals surface area contributed by atoms with Gasteiger partial charge in [-0.2, -0.15) is 0 Å². The SMILES string of the molecule is CCCCCCCCCCCCNC(=O)C1(c2cccc(Cl)c2)C=C(c2cccc(Cl)c2)C(OCCO)=CC1. The number of halogens is 2. The van der Waals surface area contributed by atoms with Crippen LogP contribution in [0.4, 0.5) is 0 Å². The number of benzene rings is 2. The number of hydrogen-bond acceptors (Lipinski definition) is 3. The Kier molecular flexibility index (Phi) is 13.4. The van der Waals surface area contributed by atoms with E-state index in [2.05, 4.69) is 12.2 Å². The van der Waals surface area contributed by atoms with Crippen LogP contribution in [0.3, 0.4) is 0 Å². The first-order valence-electron chi connectivity index (χ1n) is 14.5. The van der Waals surface area contributed by atoms with Crippen molar-refractivity contribution in [3.8, 4) is 0 Å². The molecule has 0 aromatic heterocycles. The number of amides is 1. The normalized spacial score (nSPS) is 16.9. The molecule has 0 bridgehead atoms. The number of ether oxygens (including phenoxy) is 1. The van der Waals surface area contributed by atoms with E-state index in [1.54, 1.807) is 0 Å². The fourth-order valence-electron chi connectivity index (χ4n) is 5.14. The molecule has 1 unspecified atom stereocenters. The number of hydrogen-bond donors (Lipinski definition) is 2. The molecule has 0 radical (unpaired) electrons. The summed E-state index contributed by atoms with van der Waals surface area (Å²) >= 11 is 12.7. The zero-order chi connectivity index (χ0) is 27.9. The van der Waals surface area contributed by atoms with E-state index in [0.717, 1.165) is 29.5 Å². The van der Waals surface area contributed by atoms with Crippen molar-refractivity contribution < 1.29 is 14.6 Å². The van der Waals surface area contributed by atoms with Crippen molar-refractivity contribution in [1.29, 1.82) is 0 Å². The maximum absolute atomic E-state index is 13.9. The van der Waals surface area contributed by atoms with Crippen molar-refractivity contribution in [2.75, 3.05) is 19.8 Å². The molecule has 0 saturated carbocycles. The van der Waals surface area contributed by atoms with E-state index in [-0.39, 0.29) is 19.1 Å². The molecular weight excluding hydrogens is 529 g/mol. The van der Waals surface area contributed by atoms with Crippen LogP contribution in [0.25, 0.3) is 5.57 Å². The monoisotopic (exact) mass is 571 g/mol. The molecule has 1 aliphatic carbocycles. The van der Waals surface area contributed by atoms with Gasteiger partial charge in [-0.15, -0.1) is 0 Å². The molecule has 0 heterocycles. The molecule has 1 amide bonds. The number of allylic oxidation sites excluding steroid dienone is 2. The zero-order valence-corrected chi connectivity index (χ0v) is 24.7. The highest BCUT2D eigenvalue weighted by Gasteiger charge is 2.41. The van der Waals surface area contributed by atoms with Crippen LogP contribution >= 0.6 is 23.2 Å². The maximum Gasteiger partial charge on any atom is 0.234 e. The summed E-state index contributed by atoms with van der Waals surface area (Å²) < 4.78 is 5.89. The summed E-state index contributed by atoms with van der Waals surface area (Å²) in [5.74, 6) is 0.573. The lowest BCUT2D eigenvalue weighted by atomic mass is 9.71. The molecule has 212 valence electrons. The van der Waals surface area contributed by atoms with Crippen molar-refractivity contribution in [1.82, 2.24) is 5.32 Å². The fraction of sp³-hybridized carbons (Fsp3) is 0.485. The van der Waals surface area contributed by atoms with Gasteiger partial charge in [-0.1, -0.05) is 118 Å². The third kappa shape index (κ3) is 9.41. The van der Waals surface area contributed by atoms with E-state index in [0.29, 0.717) is 28.8 Å². The van der Waals surface area contributed by atoms with E-state index < -0.39 is 5.41 Å². The Hall–Kier alpha value is -2.27. The molecule has 1 aliphatic rings. The Balaban J connectivity index is 1.73. The summed E-state index contributed by atoms with van der Waals surface area (Å²) in [6.45, 7) is 2.95. The van der Waals surface area contributed by atoms with Crippen LogP contribution in [0, 0.1) is 0 Å². The predicted octanol–water partition coefficient (Wildman–Crippen LogP) is 8.65. The van der Waals surface area contributed by atoms with Crippen molar-refractivity contribution in [2.24, 2.45) is 0 Å². The van der Waals surface area contributed by atoms with Gasteiger partial charge >= 0.3 is 0 Å². The van der Waals surface area contributed by atoms with Gasteiger partial charge in [-0.3, -0.25) is 4.79 Å². The van der Waals surface area contributed by atoms with Crippen LogP contribution < -0.4 is 5.32 Å². The second-order valence-electron chi connectivity index (χ2n) is 10.3. The number of aliphatic hydroxyl groups excluding tert-OH is 1. The highest BCUT2D eigenvalue weighted by molar-refractivity contribution is 6.31. The van der Waals surface area contributed by atoms with Gasteiger partial charge in [0.15, 0.2) is 0 Å². The van der Waals surface area contributed by atoms with Gasteiger partial charge in [0.2, 0.25) is 5.91 Å². The number of aliphatic hydroxyl groups is 1. The second kappa shape index (κ2) is 16.7. The number of unbranched alkanes of at least 4 members (excludes halogenated alkanes) is 9. The van der Waals surface area contributed by atoms with Crippen LogP contribution in [-0.2, 0) is 14.9 Å². The van der Waals surface area contributed by atoms with Crippen LogP contribution in [0.15, 0.2) is 66.4 Å². The molecule has 0 aliphatic heterocycles. The summed E-state index contributed by atoms with van der Waals surface area (Å²) in [6.07, 6.45) is 16.8. The predicted molar refractivity (Wildman–Crippen MR) is 163 cm³/mol. The standard InChI is InChI=1S/C33H43Cl2NO3/c1-2-3-4-5-6-7-8-9-10-11-20-36-32(38)33(27-15-13-17-29(35)24-27)19-18-31(39-22-21-37)30(25-33)26-14-12-16-28(34)23-26/h12-18,23-25,37H,2-11,19-22H2,1H3,(H,36,38). The minimum absolute atomic E-state index is 0.0577. The number of nitrogens with one attached hydrogen (secondary N) is 1. The average molecular weight is 573 g/mol. The van der Waals surface area contributed by atoms with Crippen molar-refractivity contribution in [2.45, 2.75) is 83.0 Å². The molecule has 3 rings (SSSR count). The molecule has 1 atom stereocenters. The van der Waals surface area contributed by atoms with Gasteiger partial charge in [-0.05, 0) is 54.3 Å². The minimum Gasteiger partial charge on any atom is -0.491 e. The maximum atomic E-state index is 13.9. The smallest absolute Gasteiger partial charge is 0.234 e. The largest absolute Gasteiger partial charge is 0.491 e. The van der Waals surface area contributed by atoms with E-state index in [1.165, 1.54) is 51.4 Å². The molecular formula is C33H43Cl2NO3. The molecule has 2 aromatic carbocycles. The van der Waals surface area contributed by atoms with E-state index >= 15 is 0 Å². The Bertz CT molecular complexity index is 1110. The van der Waals surface area contributed by atoms with E-state index in [1.807, 2.05) is 60.7 Å². The molecule has 2 N–H and O–H groups in total. The quantitative estimate of drug-likeness (QED) is 0.187. The minimum atomic E-state index is -0.951. The Morgan fingerprint density at radius 1 is 0.923 bits per heavy atom. The Morgan fingerprint density at radius 3 is 2.21 bits per heavy atom. The number of carbonyl (C=O) groups is 1. The molecule has 0 fully saturated rings. The first kappa shape index (κ1) is 31.3. The molecule has 2 aromatic rings. The Morgan fingerprint density at radius 2 is 1.56 bits per heavy atom. The summed E-state index contributed by atoms with van der Waals surface area (Å²) in [4.78, 5) is 13.9. The molecule has 6 heteroatoms. The summed E-state index contributed by atoms with van der Waals surface area (Å²) in [7, 11) is 0. The highest BCUT2D eigenvalue weighted by Crippen LogP contribution is 2.42. The van der Waals surface area contributed by atoms with Crippen molar-refractivity contribution >= 4 is 34.7 Å². The van der Waals surface area contributed by atoms with Gasteiger partial charge < -0.3 is 15.2 Å². The molecule has 4 nitrogen and oxygen atoms in total. The third-order valence-electron chi connectivity index (χ3n) is 7.31. The van der Waals surface area contributed by atoms with E-state index in [4.69, 9.17) is 27.9 Å². The first-order chi connectivity index (χ1) is 19.0. The topological polar surface area (TPSA) is 58.6 Å². The third-order valence-corrected chi connectivity index (χ3v) is 7.78. The molecule has 39 heavy (non-hydrogen) atoms. The van der Waals surface area contributed by atoms with Crippen molar-refractivity contribution in [3.63, 3.8) is 0 Å². The summed E-state index contributed by atoms with van der Waals surface area (Å²) in [6, 6.07) is 15.0. The lowest BCUT2D eigenvalue weighted by Crippen LogP contribution is -2.44. The lowest BCUT2D eigenvalue weighted by Gasteiger charge is -2.34. The summed E-state index contributed by atoms with van der Waals surface area (Å²) in [5.41, 5.74) is 1.49. The van der Waals surface area contributed by atoms with Crippen LogP contribution in [0.5, 0.6) is 0 Å². The van der Waals surface area contributed by atoms with Gasteiger partial charge in [0.25, 0.3) is 0 Å². The average Bonchev–Trinajstić information content (AvgIpc) is 2.94. The highest BCUT2D eigenvalue weighted by atomic mass is 35.5. The van der Waals surface area contributed by atoms with Crippen molar-refractivity contribution in [3.05, 3.63) is 87.6 Å². The second-order valence-corrected chi connectivity index (χ2v) is 11.2. The van der Waals surface area contributed by atoms with Gasteiger partial charge in [0.1, 0.15) is 12.4 Å². The molecule has 0 spiro atoms. The first-order valence-corrected chi connectivity index (χ1v) is 15.2. The zero-order valence-electron chi connectivity index (χ0n) is 23.2. The van der Waals surface area contributed by atoms with Crippen LogP contribution in [-0.4, -0.2) is 30.8 Å².